The van der Waals surface area contributed by atoms with Crippen LogP contribution < -0.4 is 53.2 Å². The van der Waals surface area contributed by atoms with Gasteiger partial charge in [0.1, 0.15) is 0 Å². The Morgan fingerprint density at radius 2 is 0.604 bits per heavy atom. The van der Waals surface area contributed by atoms with Crippen LogP contribution in [0, 0.1) is 0 Å². The summed E-state index contributed by atoms with van der Waals surface area (Å²) < 4.78 is 0. The SMILES string of the molecule is C.C.CC(C)(C)c1cc2c3c(c1)N(Cc1ccccc1)c1ccc(-c4nccc5ccccc45)cc1B3c1cc(-c3nccc4ccccc34)ccc1N2Cc1ccccc1.CC(C)(C)c1cc2c3c(c1)Nc1ccc(-c4nccc5ccccc45)cc1B3c1cc(-c3nccc4ccccc34)ccc1N2. The van der Waals surface area contributed by atoms with Crippen LogP contribution in [-0.4, -0.2) is 33.4 Å². The maximum Gasteiger partial charge on any atom is 0.252 e. The van der Waals surface area contributed by atoms with Crippen molar-refractivity contribution in [2.75, 3.05) is 20.4 Å². The number of nitrogens with one attached hydrogen (secondary N) is 2. The molecule has 0 radical (unpaired) electrons. The highest BCUT2D eigenvalue weighted by Gasteiger charge is 2.45. The maximum absolute atomic E-state index is 5.03. The van der Waals surface area contributed by atoms with Crippen LogP contribution in [0.15, 0.2) is 304 Å². The molecule has 4 aliphatic rings. The molecule has 0 aliphatic carbocycles. The monoisotopic (exact) mass is 1370 g/mol. The molecule has 2 N–H and O–H groups in total. The van der Waals surface area contributed by atoms with Crippen molar-refractivity contribution >= 4 is 135 Å². The van der Waals surface area contributed by atoms with E-state index in [1.54, 1.807) is 0 Å². The van der Waals surface area contributed by atoms with Crippen molar-refractivity contribution in [2.45, 2.75) is 80.3 Å². The molecule has 20 rings (SSSR count). The molecule has 4 aromatic heterocycles. The Balaban J connectivity index is 0.000000158. The molecule has 12 aromatic carbocycles. The molecule has 0 amide bonds. The third kappa shape index (κ3) is 11.5. The summed E-state index contributed by atoms with van der Waals surface area (Å²) in [6.07, 6.45) is 7.72. The Hall–Kier alpha value is -12.4. The topological polar surface area (TPSA) is 82.1 Å². The number of fused-ring (bicyclic) bond motifs is 12. The van der Waals surface area contributed by atoms with Gasteiger partial charge in [-0.05, 0) is 160 Å². The first-order valence-electron chi connectivity index (χ1n) is 36.3. The van der Waals surface area contributed by atoms with Crippen LogP contribution in [0.3, 0.4) is 0 Å². The van der Waals surface area contributed by atoms with E-state index >= 15 is 0 Å². The number of benzene rings is 12. The van der Waals surface area contributed by atoms with Gasteiger partial charge < -0.3 is 20.4 Å². The number of aromatic nitrogens is 4. The van der Waals surface area contributed by atoms with Crippen LogP contribution in [0.1, 0.15) is 78.6 Å². The van der Waals surface area contributed by atoms with Gasteiger partial charge in [0, 0.05) is 127 Å². The molecule has 0 saturated heterocycles. The van der Waals surface area contributed by atoms with E-state index in [9.17, 15) is 0 Å². The zero-order chi connectivity index (χ0) is 70.0. The van der Waals surface area contributed by atoms with E-state index in [1.165, 1.54) is 99.3 Å². The predicted molar refractivity (Wildman–Crippen MR) is 453 cm³/mol. The second-order valence-corrected chi connectivity index (χ2v) is 30.3. The molecule has 0 spiro atoms. The zero-order valence-electron chi connectivity index (χ0n) is 59.1. The highest BCUT2D eigenvalue weighted by molar-refractivity contribution is 7.01. The highest BCUT2D eigenvalue weighted by Crippen LogP contribution is 2.45. The minimum atomic E-state index is -0.0772. The van der Waals surface area contributed by atoms with Crippen molar-refractivity contribution in [2.24, 2.45) is 0 Å². The largest absolute Gasteiger partial charge is 0.356 e. The Bertz CT molecular complexity index is 5770. The molecule has 0 saturated carbocycles. The summed E-state index contributed by atoms with van der Waals surface area (Å²) in [6.45, 7) is 15.3. The van der Waals surface area contributed by atoms with Crippen molar-refractivity contribution in [3.8, 4) is 45.0 Å². The Kier molecular flexibility index (Phi) is 16.6. The minimum absolute atomic E-state index is 0. The molecular weight excluding hydrogens is 1290 g/mol. The molecule has 0 atom stereocenters. The van der Waals surface area contributed by atoms with E-state index in [1.807, 2.05) is 24.8 Å². The lowest BCUT2D eigenvalue weighted by Gasteiger charge is -2.45. The lowest BCUT2D eigenvalue weighted by Crippen LogP contribution is -2.62. The van der Waals surface area contributed by atoms with Crippen molar-refractivity contribution < 1.29 is 0 Å². The summed E-state index contributed by atoms with van der Waals surface area (Å²) in [5, 5.41) is 17.1. The lowest BCUT2D eigenvalue weighted by molar-refractivity contribution is 0.590. The summed E-state index contributed by atoms with van der Waals surface area (Å²) in [5.74, 6) is 0. The van der Waals surface area contributed by atoms with Gasteiger partial charge in [-0.15, -0.1) is 0 Å². The van der Waals surface area contributed by atoms with Gasteiger partial charge in [-0.3, -0.25) is 19.9 Å². The number of anilines is 8. The van der Waals surface area contributed by atoms with Crippen LogP contribution in [0.4, 0.5) is 45.5 Å². The molecule has 0 unspecified atom stereocenters. The molecule has 4 aliphatic heterocycles. The van der Waals surface area contributed by atoms with Gasteiger partial charge >= 0.3 is 0 Å². The first-order chi connectivity index (χ1) is 50.8. The average Bonchev–Trinajstić information content (AvgIpc) is 0.699. The van der Waals surface area contributed by atoms with Gasteiger partial charge in [0.05, 0.1) is 22.8 Å². The van der Waals surface area contributed by atoms with Gasteiger partial charge in [-0.2, -0.15) is 0 Å². The highest BCUT2D eigenvalue weighted by atomic mass is 15.2. The third-order valence-corrected chi connectivity index (χ3v) is 21.9. The normalized spacial score (nSPS) is 12.8. The summed E-state index contributed by atoms with van der Waals surface area (Å²) in [7, 11) is 0. The number of hydrogen-bond donors (Lipinski definition) is 2. The first kappa shape index (κ1) is 66.8. The second kappa shape index (κ2) is 26.4. The maximum atomic E-state index is 5.03. The van der Waals surface area contributed by atoms with Crippen molar-refractivity contribution in [3.05, 3.63) is 326 Å². The Morgan fingerprint density at radius 1 is 0.292 bits per heavy atom. The standard InChI is InChI=1S/C54H43BN4.C40H31BN4.2CH4/c1-54(2,3)42-32-49-51-50(33-42)59(35-37-16-8-5-9-17-37)48-25-23-41(53-44-21-13-11-19-39(44)27-29-57-53)31-46(48)55(51)45-30-40(52-43-20-12-10-18-38(43)26-28-56-52)22-24-47(45)58(49)34-36-14-6-4-7-15-36;1-40(2,3)28-22-35-37-36(23-28)45-34-15-13-27(39-30-11-7-5-9-25(30)17-19-43-39)21-32(34)41(37)31-20-26(12-14-33(31)44-35)38-29-10-6-4-8-24(29)16-18-42-38;;/h4-33H,34-35H2,1-3H3;4-23,44-45H,1-3H3;2*1H4. The Morgan fingerprint density at radius 3 is 0.962 bits per heavy atom. The number of hydrogen-bond acceptors (Lipinski definition) is 8. The summed E-state index contributed by atoms with van der Waals surface area (Å²) >= 11 is 0. The van der Waals surface area contributed by atoms with Gasteiger partial charge in [0.2, 0.25) is 0 Å². The minimum Gasteiger partial charge on any atom is -0.356 e. The van der Waals surface area contributed by atoms with Crippen molar-refractivity contribution in [3.63, 3.8) is 0 Å². The molecule has 512 valence electrons. The fraction of sp³-hybridized carbons (Fsp3) is 0.125. The van der Waals surface area contributed by atoms with Gasteiger partial charge in [0.25, 0.3) is 13.4 Å². The predicted octanol–water partition coefficient (Wildman–Crippen LogP) is 20.6. The van der Waals surface area contributed by atoms with E-state index in [4.69, 9.17) is 19.9 Å². The summed E-state index contributed by atoms with van der Waals surface area (Å²) in [4.78, 5) is 25.0. The number of nitrogens with zero attached hydrogens (tertiary/aromatic N) is 6. The fourth-order valence-electron chi connectivity index (χ4n) is 16.7. The van der Waals surface area contributed by atoms with E-state index in [0.29, 0.717) is 0 Å². The van der Waals surface area contributed by atoms with Crippen LogP contribution in [-0.2, 0) is 23.9 Å². The molecule has 106 heavy (non-hydrogen) atoms. The lowest BCUT2D eigenvalue weighted by atomic mass is 9.33. The summed E-state index contributed by atoms with van der Waals surface area (Å²) in [6, 6.07) is 102. The third-order valence-electron chi connectivity index (χ3n) is 21.9. The molecule has 16 aromatic rings. The van der Waals surface area contributed by atoms with Crippen LogP contribution >= 0.6 is 0 Å². The van der Waals surface area contributed by atoms with Crippen molar-refractivity contribution in [1.82, 2.24) is 19.9 Å². The molecular formula is C96H82B2N8. The van der Waals surface area contributed by atoms with Crippen molar-refractivity contribution in [1.29, 1.82) is 0 Å². The van der Waals surface area contributed by atoms with Crippen LogP contribution in [0.25, 0.3) is 88.1 Å². The smallest absolute Gasteiger partial charge is 0.252 e. The quantitative estimate of drug-likeness (QED) is 0.146. The molecule has 8 heterocycles. The zero-order valence-corrected chi connectivity index (χ0v) is 59.1. The molecule has 0 bridgehead atoms. The van der Waals surface area contributed by atoms with E-state index in [-0.39, 0.29) is 39.1 Å². The molecule has 0 fully saturated rings. The van der Waals surface area contributed by atoms with Crippen LogP contribution in [0.5, 0.6) is 0 Å². The fourth-order valence-corrected chi connectivity index (χ4v) is 16.7. The van der Waals surface area contributed by atoms with Gasteiger partial charge in [-0.1, -0.05) is 263 Å². The Labute approximate surface area is 622 Å². The van der Waals surface area contributed by atoms with E-state index < -0.39 is 0 Å². The second-order valence-electron chi connectivity index (χ2n) is 30.3. The summed E-state index contributed by atoms with van der Waals surface area (Å²) in [5.41, 5.74) is 30.9. The first-order valence-corrected chi connectivity index (χ1v) is 36.3. The number of rotatable bonds is 8. The van der Waals surface area contributed by atoms with Gasteiger partial charge in [-0.25, -0.2) is 0 Å². The number of pyridine rings is 4. The molecule has 10 heteroatoms. The van der Waals surface area contributed by atoms with E-state index in [0.717, 1.165) is 102 Å². The molecule has 8 nitrogen and oxygen atoms in total. The van der Waals surface area contributed by atoms with Crippen LogP contribution in [0.2, 0.25) is 0 Å². The van der Waals surface area contributed by atoms with Gasteiger partial charge in [0.15, 0.2) is 0 Å². The van der Waals surface area contributed by atoms with E-state index in [2.05, 4.69) is 341 Å². The average molecular weight is 1370 g/mol.